The van der Waals surface area contributed by atoms with Gasteiger partial charge in [0.15, 0.2) is 0 Å². The van der Waals surface area contributed by atoms with Crippen molar-refractivity contribution in [1.82, 2.24) is 14.9 Å². The molecule has 0 unspecified atom stereocenters. The highest BCUT2D eigenvalue weighted by atomic mass is 19.1. The first-order valence-electron chi connectivity index (χ1n) is 12.9. The third kappa shape index (κ3) is 7.00. The van der Waals surface area contributed by atoms with Gasteiger partial charge in [0.25, 0.3) is 0 Å². The quantitative estimate of drug-likeness (QED) is 0.318. The molecule has 3 aromatic rings. The van der Waals surface area contributed by atoms with E-state index in [1.807, 2.05) is 36.5 Å². The lowest BCUT2D eigenvalue weighted by molar-refractivity contribution is -0.139. The smallest absolute Gasteiger partial charge is 0.303 e. The largest absolute Gasteiger partial charge is 0.497 e. The van der Waals surface area contributed by atoms with Crippen LogP contribution in [0.25, 0.3) is 10.9 Å². The number of carboxylic acid groups (broad SMARTS) is 1. The van der Waals surface area contributed by atoms with Crippen LogP contribution in [0.15, 0.2) is 54.9 Å². The highest BCUT2D eigenvalue weighted by Crippen LogP contribution is 2.36. The van der Waals surface area contributed by atoms with Crippen LogP contribution in [-0.2, 0) is 11.2 Å². The van der Waals surface area contributed by atoms with Crippen LogP contribution in [0.3, 0.4) is 0 Å². The summed E-state index contributed by atoms with van der Waals surface area (Å²) in [7, 11) is 1.60. The molecular weight excluding hydrogens is 457 g/mol. The maximum atomic E-state index is 15.5. The van der Waals surface area contributed by atoms with Crippen LogP contribution in [0.5, 0.6) is 5.75 Å². The molecule has 0 aliphatic carbocycles. The number of unbranched alkanes of at least 4 members (excludes halogenated alkanes) is 1. The van der Waals surface area contributed by atoms with E-state index in [2.05, 4.69) is 20.9 Å². The molecule has 0 spiro atoms. The summed E-state index contributed by atoms with van der Waals surface area (Å²) < 4.78 is 20.8. The van der Waals surface area contributed by atoms with Crippen LogP contribution < -0.4 is 4.74 Å². The van der Waals surface area contributed by atoms with Gasteiger partial charge in [-0.3, -0.25) is 14.8 Å². The number of likely N-dealkylation sites (tertiary alicyclic amines) is 1. The zero-order chi connectivity index (χ0) is 25.3. The summed E-state index contributed by atoms with van der Waals surface area (Å²) in [5.41, 5.74) is 2.48. The molecule has 1 aliphatic heterocycles. The number of ether oxygens (including phenoxy) is 1. The second-order valence-corrected chi connectivity index (χ2v) is 9.81. The minimum absolute atomic E-state index is 0.0496. The van der Waals surface area contributed by atoms with Gasteiger partial charge in [-0.2, -0.15) is 0 Å². The van der Waals surface area contributed by atoms with Gasteiger partial charge >= 0.3 is 5.97 Å². The number of benzene rings is 1. The number of halogens is 1. The second kappa shape index (κ2) is 12.8. The Labute approximate surface area is 212 Å². The van der Waals surface area contributed by atoms with Crippen molar-refractivity contribution in [3.63, 3.8) is 0 Å². The molecule has 192 valence electrons. The van der Waals surface area contributed by atoms with Gasteiger partial charge in [0.05, 0.1) is 12.6 Å². The average molecular weight is 494 g/mol. The minimum atomic E-state index is -1.13. The van der Waals surface area contributed by atoms with Gasteiger partial charge in [-0.05, 0) is 105 Å². The number of hydrogen-bond donors (Lipinski definition) is 1. The van der Waals surface area contributed by atoms with E-state index in [9.17, 15) is 9.90 Å². The molecule has 3 heterocycles. The molecular formula is C29H36FN3O3. The minimum Gasteiger partial charge on any atom is -0.497 e. The molecule has 36 heavy (non-hydrogen) atoms. The van der Waals surface area contributed by atoms with E-state index in [0.717, 1.165) is 61.9 Å². The Hall–Kier alpha value is -3.06. The van der Waals surface area contributed by atoms with E-state index in [1.54, 1.807) is 19.4 Å². The molecule has 0 bridgehead atoms. The van der Waals surface area contributed by atoms with E-state index in [-0.39, 0.29) is 18.3 Å². The van der Waals surface area contributed by atoms with Gasteiger partial charge in [-0.15, -0.1) is 0 Å². The molecule has 1 saturated heterocycles. The lowest BCUT2D eigenvalue weighted by Gasteiger charge is -2.38. The number of carbonyl (C=O) groups is 1. The number of hydrogen-bond acceptors (Lipinski definition) is 5. The first-order valence-corrected chi connectivity index (χ1v) is 12.9. The number of methoxy groups -OCH3 is 1. The van der Waals surface area contributed by atoms with Crippen LogP contribution in [0.4, 0.5) is 4.39 Å². The Morgan fingerprint density at radius 2 is 2.06 bits per heavy atom. The lowest BCUT2D eigenvalue weighted by atomic mass is 9.79. The van der Waals surface area contributed by atoms with Crippen molar-refractivity contribution < 1.29 is 19.0 Å². The van der Waals surface area contributed by atoms with E-state index in [1.165, 1.54) is 0 Å². The summed E-state index contributed by atoms with van der Waals surface area (Å²) in [6, 6.07) is 13.3. The van der Waals surface area contributed by atoms with Crippen molar-refractivity contribution in [2.45, 2.75) is 51.1 Å². The summed E-state index contributed by atoms with van der Waals surface area (Å²) in [6.45, 7) is 2.68. The summed E-state index contributed by atoms with van der Waals surface area (Å²) in [5, 5.41) is 10.3. The Balaban J connectivity index is 1.31. The van der Waals surface area contributed by atoms with Gasteiger partial charge in [0, 0.05) is 36.4 Å². The van der Waals surface area contributed by atoms with Crippen molar-refractivity contribution in [2.75, 3.05) is 26.7 Å². The van der Waals surface area contributed by atoms with Crippen LogP contribution in [0.2, 0.25) is 0 Å². The summed E-state index contributed by atoms with van der Waals surface area (Å²) in [4.78, 5) is 22.7. The van der Waals surface area contributed by atoms with E-state index < -0.39 is 12.1 Å². The molecule has 3 atom stereocenters. The van der Waals surface area contributed by atoms with Crippen molar-refractivity contribution >= 4 is 16.9 Å². The van der Waals surface area contributed by atoms with Crippen molar-refractivity contribution in [1.29, 1.82) is 0 Å². The molecule has 2 aromatic heterocycles. The number of carboxylic acids is 1. The van der Waals surface area contributed by atoms with E-state index in [0.29, 0.717) is 24.2 Å². The molecule has 7 heteroatoms. The zero-order valence-electron chi connectivity index (χ0n) is 21.0. The normalized spacial score (nSPS) is 19.3. The second-order valence-electron chi connectivity index (χ2n) is 9.81. The standard InChI is InChI=1S/C29H36FN3O3/c1-36-24-9-11-28-26(19-24)25(12-15-32-28)27(30)10-8-21-13-17-33(20-22(21)18-29(34)35)16-5-3-7-23-6-2-4-14-31-23/h2,4,6,9,11-12,14-15,19,21-22,27H,3,5,7-8,10,13,16-18,20H2,1H3,(H,34,35)/t21-,22+,27+/m1/s1. The van der Waals surface area contributed by atoms with Crippen molar-refractivity contribution in [3.05, 3.63) is 66.1 Å². The first kappa shape index (κ1) is 26.0. The lowest BCUT2D eigenvalue weighted by Crippen LogP contribution is -2.41. The van der Waals surface area contributed by atoms with Crippen molar-refractivity contribution in [3.8, 4) is 5.75 Å². The predicted molar refractivity (Wildman–Crippen MR) is 139 cm³/mol. The highest BCUT2D eigenvalue weighted by molar-refractivity contribution is 5.83. The molecule has 1 aliphatic rings. The molecule has 0 saturated carbocycles. The van der Waals surface area contributed by atoms with Gasteiger partial charge < -0.3 is 14.7 Å². The number of alkyl halides is 1. The van der Waals surface area contributed by atoms with Gasteiger partial charge in [0.2, 0.25) is 0 Å². The number of pyridine rings is 2. The summed E-state index contributed by atoms with van der Waals surface area (Å²) in [6.07, 6.45) is 7.55. The third-order valence-electron chi connectivity index (χ3n) is 7.41. The van der Waals surface area contributed by atoms with Gasteiger partial charge in [-0.25, -0.2) is 4.39 Å². The number of nitrogens with zero attached hydrogens (tertiary/aromatic N) is 3. The molecule has 0 amide bonds. The molecule has 6 nitrogen and oxygen atoms in total. The van der Waals surface area contributed by atoms with Gasteiger partial charge in [0.1, 0.15) is 11.9 Å². The zero-order valence-corrected chi connectivity index (χ0v) is 21.0. The van der Waals surface area contributed by atoms with Crippen LogP contribution >= 0.6 is 0 Å². The van der Waals surface area contributed by atoms with Crippen LogP contribution in [0.1, 0.15) is 56.0 Å². The summed E-state index contributed by atoms with van der Waals surface area (Å²) >= 11 is 0. The average Bonchev–Trinajstić information content (AvgIpc) is 2.90. The SMILES string of the molecule is COc1ccc2nccc([C@@H](F)CC[C@@H]3CCN(CCCCc4ccccn4)C[C@@H]3CC(=O)O)c2c1. The third-order valence-corrected chi connectivity index (χ3v) is 7.41. The Morgan fingerprint density at radius 1 is 1.17 bits per heavy atom. The van der Waals surface area contributed by atoms with Crippen LogP contribution in [-0.4, -0.2) is 52.7 Å². The number of aryl methyl sites for hydroxylation is 1. The van der Waals surface area contributed by atoms with E-state index in [4.69, 9.17) is 4.74 Å². The fourth-order valence-corrected chi connectivity index (χ4v) is 5.44. The van der Waals surface area contributed by atoms with Crippen LogP contribution in [0, 0.1) is 11.8 Å². The highest BCUT2D eigenvalue weighted by Gasteiger charge is 2.31. The predicted octanol–water partition coefficient (Wildman–Crippen LogP) is 5.86. The maximum absolute atomic E-state index is 15.5. The Kier molecular flexibility index (Phi) is 9.23. The van der Waals surface area contributed by atoms with Gasteiger partial charge in [-0.1, -0.05) is 6.07 Å². The molecule has 0 radical (unpaired) electrons. The maximum Gasteiger partial charge on any atom is 0.303 e. The van der Waals surface area contributed by atoms with Crippen molar-refractivity contribution in [2.24, 2.45) is 11.8 Å². The monoisotopic (exact) mass is 493 g/mol. The van der Waals surface area contributed by atoms with E-state index >= 15 is 4.39 Å². The fourth-order valence-electron chi connectivity index (χ4n) is 5.44. The molecule has 1 fully saturated rings. The molecule has 4 rings (SSSR count). The fraction of sp³-hybridized carbons (Fsp3) is 0.483. The number of aliphatic carboxylic acids is 1. The number of fused-ring (bicyclic) bond motifs is 1. The molecule has 1 aromatic carbocycles. The summed E-state index contributed by atoms with van der Waals surface area (Å²) in [5.74, 6) is 0.171. The Morgan fingerprint density at radius 3 is 2.83 bits per heavy atom. The number of piperidine rings is 1. The Bertz CT molecular complexity index is 1130. The number of aromatic nitrogens is 2. The first-order chi connectivity index (χ1) is 17.5. The number of rotatable bonds is 12. The molecule has 1 N–H and O–H groups in total. The topological polar surface area (TPSA) is 75.5 Å².